The van der Waals surface area contributed by atoms with Crippen molar-refractivity contribution in [3.8, 4) is 11.4 Å². The fraction of sp³-hybridized carbons (Fsp3) is 0.143. The highest BCUT2D eigenvalue weighted by atomic mass is 35.5. The molecule has 0 aliphatic carbocycles. The molecule has 0 aliphatic heterocycles. The first-order valence-corrected chi connectivity index (χ1v) is 7.99. The Labute approximate surface area is 140 Å². The molecule has 3 aromatic rings. The molecule has 2 heterocycles. The van der Waals surface area contributed by atoms with Crippen molar-refractivity contribution in [1.82, 2.24) is 20.4 Å². The number of thiazole rings is 1. The van der Waals surface area contributed by atoms with Crippen LogP contribution in [0.5, 0.6) is 0 Å². The second-order valence-corrected chi connectivity index (χ2v) is 5.82. The van der Waals surface area contributed by atoms with Crippen molar-refractivity contribution in [3.05, 3.63) is 46.8 Å². The molecule has 2 aromatic heterocycles. The number of nitrogens with zero attached hydrogens (tertiary/aromatic N) is 3. The van der Waals surface area contributed by atoms with Crippen molar-refractivity contribution in [2.45, 2.75) is 6.42 Å². The van der Waals surface area contributed by atoms with Crippen LogP contribution in [0.2, 0.25) is 5.02 Å². The average Bonchev–Trinajstić information content (AvgIpc) is 3.20. The lowest BCUT2D eigenvalue weighted by atomic mass is 10.2. The van der Waals surface area contributed by atoms with E-state index in [0.717, 1.165) is 5.56 Å². The summed E-state index contributed by atoms with van der Waals surface area (Å²) in [4.78, 5) is 19.9. The van der Waals surface area contributed by atoms with E-state index in [2.05, 4.69) is 25.8 Å². The van der Waals surface area contributed by atoms with Crippen LogP contribution in [0.25, 0.3) is 11.4 Å². The highest BCUT2D eigenvalue weighted by Crippen LogP contribution is 2.18. The Morgan fingerprint density at radius 2 is 2.13 bits per heavy atom. The molecule has 23 heavy (non-hydrogen) atoms. The van der Waals surface area contributed by atoms with Crippen molar-refractivity contribution in [2.24, 2.45) is 0 Å². The maximum Gasteiger partial charge on any atom is 0.321 e. The van der Waals surface area contributed by atoms with Gasteiger partial charge in [0.05, 0.1) is 0 Å². The first kappa shape index (κ1) is 15.4. The van der Waals surface area contributed by atoms with E-state index in [-0.39, 0.29) is 6.03 Å². The molecule has 0 saturated carbocycles. The molecule has 0 aliphatic rings. The summed E-state index contributed by atoms with van der Waals surface area (Å²) in [6, 6.07) is 6.83. The normalized spacial score (nSPS) is 10.5. The fourth-order valence-corrected chi connectivity index (χ4v) is 2.43. The van der Waals surface area contributed by atoms with Crippen LogP contribution < -0.4 is 10.6 Å². The first-order valence-electron chi connectivity index (χ1n) is 6.73. The highest BCUT2D eigenvalue weighted by Gasteiger charge is 2.09. The Kier molecular flexibility index (Phi) is 4.84. The minimum atomic E-state index is -0.322. The minimum Gasteiger partial charge on any atom is -0.339 e. The van der Waals surface area contributed by atoms with E-state index in [0.29, 0.717) is 34.8 Å². The molecule has 0 saturated heterocycles. The SMILES string of the molecule is O=C(NCCc1nc(-c2ccc(Cl)cc2)no1)Nc1nccs1. The van der Waals surface area contributed by atoms with Gasteiger partial charge in [-0.05, 0) is 24.3 Å². The molecule has 0 bridgehead atoms. The molecule has 2 amide bonds. The van der Waals surface area contributed by atoms with Crippen molar-refractivity contribution in [1.29, 1.82) is 0 Å². The van der Waals surface area contributed by atoms with Crippen molar-refractivity contribution in [3.63, 3.8) is 0 Å². The number of halogens is 1. The molecule has 3 rings (SSSR count). The van der Waals surface area contributed by atoms with Crippen LogP contribution in [0.4, 0.5) is 9.93 Å². The van der Waals surface area contributed by atoms with Gasteiger partial charge in [0.2, 0.25) is 11.7 Å². The van der Waals surface area contributed by atoms with Gasteiger partial charge in [-0.3, -0.25) is 5.32 Å². The van der Waals surface area contributed by atoms with Gasteiger partial charge in [-0.25, -0.2) is 9.78 Å². The summed E-state index contributed by atoms with van der Waals surface area (Å²) in [5.41, 5.74) is 0.818. The predicted octanol–water partition coefficient (Wildman–Crippen LogP) is 3.21. The Bertz CT molecular complexity index is 773. The number of urea groups is 1. The van der Waals surface area contributed by atoms with Gasteiger partial charge in [0.25, 0.3) is 0 Å². The molecule has 1 aromatic carbocycles. The summed E-state index contributed by atoms with van der Waals surface area (Å²) in [6.07, 6.45) is 2.06. The van der Waals surface area contributed by atoms with Crippen LogP contribution in [0.1, 0.15) is 5.89 Å². The summed E-state index contributed by atoms with van der Waals surface area (Å²) >= 11 is 7.19. The Morgan fingerprint density at radius 1 is 1.30 bits per heavy atom. The standard InChI is InChI=1S/C14H12ClN5O2S/c15-10-3-1-9(2-4-10)12-18-11(22-20-12)5-6-16-13(21)19-14-17-7-8-23-14/h1-4,7-8H,5-6H2,(H2,16,17,19,21). The average molecular weight is 350 g/mol. The van der Waals surface area contributed by atoms with E-state index in [4.69, 9.17) is 16.1 Å². The molecule has 0 radical (unpaired) electrons. The summed E-state index contributed by atoms with van der Waals surface area (Å²) in [6.45, 7) is 0.374. The number of amides is 2. The Morgan fingerprint density at radius 3 is 2.87 bits per heavy atom. The third-order valence-corrected chi connectivity index (χ3v) is 3.79. The zero-order valence-corrected chi connectivity index (χ0v) is 13.4. The van der Waals surface area contributed by atoms with E-state index in [1.807, 2.05) is 12.1 Å². The lowest BCUT2D eigenvalue weighted by Gasteiger charge is -2.02. The van der Waals surface area contributed by atoms with Crippen molar-refractivity contribution >= 4 is 34.1 Å². The first-order chi connectivity index (χ1) is 11.2. The number of hydrogen-bond donors (Lipinski definition) is 2. The number of benzene rings is 1. The van der Waals surface area contributed by atoms with Crippen LogP contribution in [-0.2, 0) is 6.42 Å². The lowest BCUT2D eigenvalue weighted by Crippen LogP contribution is -2.30. The molecule has 0 atom stereocenters. The van der Waals surface area contributed by atoms with E-state index < -0.39 is 0 Å². The second kappa shape index (κ2) is 7.21. The van der Waals surface area contributed by atoms with E-state index in [9.17, 15) is 4.79 Å². The van der Waals surface area contributed by atoms with Crippen LogP contribution in [0.3, 0.4) is 0 Å². The van der Waals surface area contributed by atoms with Gasteiger partial charge in [-0.2, -0.15) is 4.98 Å². The van der Waals surface area contributed by atoms with Gasteiger partial charge in [-0.15, -0.1) is 11.3 Å². The summed E-state index contributed by atoms with van der Waals surface area (Å²) < 4.78 is 5.16. The van der Waals surface area contributed by atoms with Crippen LogP contribution in [-0.4, -0.2) is 27.7 Å². The predicted molar refractivity (Wildman–Crippen MR) is 87.6 cm³/mol. The monoisotopic (exact) mass is 349 g/mol. The fourth-order valence-electron chi connectivity index (χ4n) is 1.78. The number of hydrogen-bond acceptors (Lipinski definition) is 6. The molecule has 0 spiro atoms. The molecule has 118 valence electrons. The Hall–Kier alpha value is -2.45. The van der Waals surface area contributed by atoms with E-state index in [1.54, 1.807) is 23.7 Å². The smallest absolute Gasteiger partial charge is 0.321 e. The van der Waals surface area contributed by atoms with Gasteiger partial charge in [0.15, 0.2) is 5.13 Å². The number of carbonyl (C=O) groups is 1. The maximum absolute atomic E-state index is 11.6. The summed E-state index contributed by atoms with van der Waals surface area (Å²) in [7, 11) is 0. The zero-order valence-electron chi connectivity index (χ0n) is 11.8. The number of carbonyl (C=O) groups excluding carboxylic acids is 1. The zero-order chi connectivity index (χ0) is 16.1. The molecule has 7 nitrogen and oxygen atoms in total. The molecule has 0 fully saturated rings. The van der Waals surface area contributed by atoms with Crippen LogP contribution in [0, 0.1) is 0 Å². The van der Waals surface area contributed by atoms with Crippen LogP contribution in [0.15, 0.2) is 40.4 Å². The number of anilines is 1. The van der Waals surface area contributed by atoms with E-state index >= 15 is 0 Å². The van der Waals surface area contributed by atoms with Gasteiger partial charge in [0, 0.05) is 35.1 Å². The van der Waals surface area contributed by atoms with E-state index in [1.165, 1.54) is 11.3 Å². The maximum atomic E-state index is 11.6. The highest BCUT2D eigenvalue weighted by molar-refractivity contribution is 7.13. The van der Waals surface area contributed by atoms with Crippen LogP contribution >= 0.6 is 22.9 Å². The molecular weight excluding hydrogens is 338 g/mol. The lowest BCUT2D eigenvalue weighted by molar-refractivity contribution is 0.252. The number of nitrogens with one attached hydrogen (secondary N) is 2. The van der Waals surface area contributed by atoms with Gasteiger partial charge in [-0.1, -0.05) is 16.8 Å². The number of aromatic nitrogens is 3. The third kappa shape index (κ3) is 4.27. The van der Waals surface area contributed by atoms with Crippen molar-refractivity contribution < 1.29 is 9.32 Å². The van der Waals surface area contributed by atoms with Crippen molar-refractivity contribution in [2.75, 3.05) is 11.9 Å². The minimum absolute atomic E-state index is 0.322. The Balaban J connectivity index is 1.49. The molecular formula is C14H12ClN5O2S. The van der Waals surface area contributed by atoms with Gasteiger partial charge < -0.3 is 9.84 Å². The van der Waals surface area contributed by atoms with Gasteiger partial charge in [0.1, 0.15) is 0 Å². The second-order valence-electron chi connectivity index (χ2n) is 4.49. The molecule has 9 heteroatoms. The molecule has 2 N–H and O–H groups in total. The summed E-state index contributed by atoms with van der Waals surface area (Å²) in [5.74, 6) is 0.938. The topological polar surface area (TPSA) is 92.9 Å². The largest absolute Gasteiger partial charge is 0.339 e. The quantitative estimate of drug-likeness (QED) is 0.737. The van der Waals surface area contributed by atoms with Gasteiger partial charge >= 0.3 is 6.03 Å². The number of rotatable bonds is 5. The third-order valence-electron chi connectivity index (χ3n) is 2.85. The molecule has 0 unspecified atom stereocenters. The summed E-state index contributed by atoms with van der Waals surface area (Å²) in [5, 5.41) is 12.2.